The molecule has 0 fully saturated rings. The molecule has 0 saturated carbocycles. The van der Waals surface area contributed by atoms with Crippen LogP contribution in [0, 0.1) is 0 Å². The number of hydrogen-bond donors (Lipinski definition) is 0. The van der Waals surface area contributed by atoms with E-state index in [1.54, 1.807) is 31.3 Å². The molecule has 2 aromatic carbocycles. The van der Waals surface area contributed by atoms with Crippen LogP contribution in [0.5, 0.6) is 11.5 Å². The van der Waals surface area contributed by atoms with Crippen LogP contribution in [0.1, 0.15) is 0 Å². The Balaban J connectivity index is 1.90. The first-order chi connectivity index (χ1) is 11.6. The third kappa shape index (κ3) is 3.14. The molecular weight excluding hydrogens is 330 g/mol. The highest BCUT2D eigenvalue weighted by molar-refractivity contribution is 6.30. The van der Waals surface area contributed by atoms with Gasteiger partial charge in [0.1, 0.15) is 0 Å². The van der Waals surface area contributed by atoms with Gasteiger partial charge in [0.2, 0.25) is 5.82 Å². The molecule has 1 aromatic heterocycles. The molecule has 124 valence electrons. The van der Waals surface area contributed by atoms with Crippen LogP contribution in [0.25, 0.3) is 11.4 Å². The first-order valence-corrected chi connectivity index (χ1v) is 7.55. The minimum Gasteiger partial charge on any atom is -0.493 e. The van der Waals surface area contributed by atoms with Crippen molar-refractivity contribution in [1.82, 2.24) is 10.1 Å². The standard InChI is InChI=1S/C17H16ClN3O3/c1-21(13-6-4-5-12(18)10-13)17-19-16(20-24-17)11-7-8-14(22-2)15(9-11)23-3/h4-10H,1-3H3. The second-order valence-electron chi connectivity index (χ2n) is 5.01. The van der Waals surface area contributed by atoms with E-state index in [1.807, 2.05) is 37.4 Å². The number of anilines is 2. The normalized spacial score (nSPS) is 10.5. The average molecular weight is 346 g/mol. The number of rotatable bonds is 5. The predicted octanol–water partition coefficient (Wildman–Crippen LogP) is 4.18. The van der Waals surface area contributed by atoms with E-state index in [0.29, 0.717) is 28.4 Å². The maximum atomic E-state index is 6.02. The highest BCUT2D eigenvalue weighted by Crippen LogP contribution is 2.32. The van der Waals surface area contributed by atoms with E-state index in [2.05, 4.69) is 10.1 Å². The van der Waals surface area contributed by atoms with Crippen LogP contribution in [-0.2, 0) is 0 Å². The Labute approximate surface area is 144 Å². The number of aromatic nitrogens is 2. The van der Waals surface area contributed by atoms with Gasteiger partial charge in [-0.3, -0.25) is 4.90 Å². The Kier molecular flexibility index (Phi) is 4.57. The van der Waals surface area contributed by atoms with Gasteiger partial charge in [0.15, 0.2) is 11.5 Å². The van der Waals surface area contributed by atoms with Crippen molar-refractivity contribution >= 4 is 23.3 Å². The van der Waals surface area contributed by atoms with Crippen LogP contribution in [-0.4, -0.2) is 31.4 Å². The molecule has 0 amide bonds. The van der Waals surface area contributed by atoms with Crippen LogP contribution in [0.4, 0.5) is 11.7 Å². The van der Waals surface area contributed by atoms with E-state index < -0.39 is 0 Å². The lowest BCUT2D eigenvalue weighted by Crippen LogP contribution is -2.09. The molecule has 0 aliphatic carbocycles. The fourth-order valence-corrected chi connectivity index (χ4v) is 2.42. The van der Waals surface area contributed by atoms with Gasteiger partial charge in [-0.2, -0.15) is 4.98 Å². The van der Waals surface area contributed by atoms with Crippen LogP contribution >= 0.6 is 11.6 Å². The van der Waals surface area contributed by atoms with Crippen LogP contribution < -0.4 is 14.4 Å². The molecule has 7 heteroatoms. The van der Waals surface area contributed by atoms with Crippen molar-refractivity contribution in [2.24, 2.45) is 0 Å². The average Bonchev–Trinajstić information content (AvgIpc) is 3.10. The fourth-order valence-electron chi connectivity index (χ4n) is 2.24. The van der Waals surface area contributed by atoms with E-state index in [4.69, 9.17) is 25.6 Å². The van der Waals surface area contributed by atoms with Gasteiger partial charge in [-0.15, -0.1) is 0 Å². The molecule has 3 rings (SSSR count). The van der Waals surface area contributed by atoms with Crippen molar-refractivity contribution in [3.63, 3.8) is 0 Å². The monoisotopic (exact) mass is 345 g/mol. The van der Waals surface area contributed by atoms with Gasteiger partial charge in [-0.25, -0.2) is 0 Å². The van der Waals surface area contributed by atoms with E-state index >= 15 is 0 Å². The summed E-state index contributed by atoms with van der Waals surface area (Å²) in [6.45, 7) is 0. The highest BCUT2D eigenvalue weighted by atomic mass is 35.5. The topological polar surface area (TPSA) is 60.6 Å². The van der Waals surface area contributed by atoms with Gasteiger partial charge in [0.25, 0.3) is 0 Å². The van der Waals surface area contributed by atoms with Gasteiger partial charge in [0.05, 0.1) is 14.2 Å². The maximum absolute atomic E-state index is 6.02. The Morgan fingerprint density at radius 1 is 1.04 bits per heavy atom. The highest BCUT2D eigenvalue weighted by Gasteiger charge is 2.15. The summed E-state index contributed by atoms with van der Waals surface area (Å²) < 4.78 is 15.9. The van der Waals surface area contributed by atoms with Crippen LogP contribution in [0.15, 0.2) is 47.0 Å². The first-order valence-electron chi connectivity index (χ1n) is 7.18. The Morgan fingerprint density at radius 2 is 1.83 bits per heavy atom. The molecule has 1 heterocycles. The van der Waals surface area contributed by atoms with Crippen molar-refractivity contribution < 1.29 is 14.0 Å². The van der Waals surface area contributed by atoms with E-state index in [1.165, 1.54) is 0 Å². The molecule has 0 atom stereocenters. The van der Waals surface area contributed by atoms with E-state index in [0.717, 1.165) is 11.3 Å². The zero-order valence-corrected chi connectivity index (χ0v) is 14.2. The minimum atomic E-state index is 0.363. The summed E-state index contributed by atoms with van der Waals surface area (Å²) in [6, 6.07) is 13.2. The van der Waals surface area contributed by atoms with Crippen LogP contribution in [0.2, 0.25) is 5.02 Å². The molecule has 24 heavy (non-hydrogen) atoms. The molecule has 0 aliphatic heterocycles. The molecular formula is C17H16ClN3O3. The molecule has 0 aliphatic rings. The number of hydrogen-bond acceptors (Lipinski definition) is 6. The van der Waals surface area contributed by atoms with Crippen molar-refractivity contribution in [3.05, 3.63) is 47.5 Å². The lowest BCUT2D eigenvalue weighted by molar-refractivity contribution is 0.355. The number of halogens is 1. The summed E-state index contributed by atoms with van der Waals surface area (Å²) in [7, 11) is 5.00. The second kappa shape index (κ2) is 6.80. The molecule has 0 radical (unpaired) electrons. The quantitative estimate of drug-likeness (QED) is 0.691. The van der Waals surface area contributed by atoms with Crippen molar-refractivity contribution in [2.45, 2.75) is 0 Å². The zero-order valence-electron chi connectivity index (χ0n) is 13.5. The van der Waals surface area contributed by atoms with Gasteiger partial charge < -0.3 is 14.0 Å². The summed E-state index contributed by atoms with van der Waals surface area (Å²) in [4.78, 5) is 6.19. The fraction of sp³-hybridized carbons (Fsp3) is 0.176. The summed E-state index contributed by atoms with van der Waals surface area (Å²) in [6.07, 6.45) is 0. The second-order valence-corrected chi connectivity index (χ2v) is 5.45. The number of benzene rings is 2. The summed E-state index contributed by atoms with van der Waals surface area (Å²) in [5.74, 6) is 1.70. The van der Waals surface area contributed by atoms with Crippen LogP contribution in [0.3, 0.4) is 0 Å². The summed E-state index contributed by atoms with van der Waals surface area (Å²) >= 11 is 6.02. The molecule has 0 bridgehead atoms. The molecule has 0 unspecified atom stereocenters. The van der Waals surface area contributed by atoms with Gasteiger partial charge >= 0.3 is 6.01 Å². The van der Waals surface area contributed by atoms with E-state index in [9.17, 15) is 0 Å². The lowest BCUT2D eigenvalue weighted by Gasteiger charge is -2.13. The minimum absolute atomic E-state index is 0.363. The smallest absolute Gasteiger partial charge is 0.328 e. The SMILES string of the molecule is COc1ccc(-c2noc(N(C)c3cccc(Cl)c3)n2)cc1OC. The third-order valence-corrected chi connectivity index (χ3v) is 3.77. The number of nitrogens with zero attached hydrogens (tertiary/aromatic N) is 3. The molecule has 6 nitrogen and oxygen atoms in total. The summed E-state index contributed by atoms with van der Waals surface area (Å²) in [5, 5.41) is 4.67. The van der Waals surface area contributed by atoms with Crippen molar-refractivity contribution in [3.8, 4) is 22.9 Å². The molecule has 3 aromatic rings. The third-order valence-electron chi connectivity index (χ3n) is 3.54. The first kappa shape index (κ1) is 16.1. The Morgan fingerprint density at radius 3 is 2.54 bits per heavy atom. The van der Waals surface area contributed by atoms with Crippen molar-refractivity contribution in [2.75, 3.05) is 26.2 Å². The van der Waals surface area contributed by atoms with Gasteiger partial charge in [-0.05, 0) is 36.4 Å². The Hall–Kier alpha value is -2.73. The molecule has 0 spiro atoms. The van der Waals surface area contributed by atoms with E-state index in [-0.39, 0.29) is 0 Å². The lowest BCUT2D eigenvalue weighted by atomic mass is 10.2. The maximum Gasteiger partial charge on any atom is 0.328 e. The largest absolute Gasteiger partial charge is 0.493 e. The van der Waals surface area contributed by atoms with Gasteiger partial charge in [0, 0.05) is 23.3 Å². The number of ether oxygens (including phenoxy) is 2. The molecule has 0 N–H and O–H groups in total. The number of methoxy groups -OCH3 is 2. The zero-order chi connectivity index (χ0) is 17.1. The van der Waals surface area contributed by atoms with Gasteiger partial charge in [-0.1, -0.05) is 22.8 Å². The summed E-state index contributed by atoms with van der Waals surface area (Å²) in [5.41, 5.74) is 1.62. The Bertz CT molecular complexity index is 851. The van der Waals surface area contributed by atoms with Crippen molar-refractivity contribution in [1.29, 1.82) is 0 Å². The molecule has 0 saturated heterocycles. The predicted molar refractivity (Wildman–Crippen MR) is 92.4 cm³/mol.